The second-order valence-corrected chi connectivity index (χ2v) is 6.47. The van der Waals surface area contributed by atoms with Gasteiger partial charge < -0.3 is 4.74 Å². The second kappa shape index (κ2) is 6.93. The van der Waals surface area contributed by atoms with Gasteiger partial charge in [-0.15, -0.1) is 0 Å². The third-order valence-electron chi connectivity index (χ3n) is 2.41. The average molecular weight is 438 g/mol. The molecule has 20 heavy (non-hydrogen) atoms. The van der Waals surface area contributed by atoms with Crippen LogP contribution in [0.5, 0.6) is 5.75 Å². The third kappa shape index (κ3) is 3.97. The fourth-order valence-corrected chi connectivity index (χ4v) is 2.56. The fraction of sp³-hybridized carbons (Fsp3) is 0.0769. The molecule has 3 nitrogen and oxygen atoms in total. The number of halogens is 3. The highest BCUT2D eigenvalue weighted by Gasteiger charge is 2.12. The molecule has 1 aromatic heterocycles. The van der Waals surface area contributed by atoms with Crippen molar-refractivity contribution in [1.82, 2.24) is 4.98 Å². The largest absolute Gasteiger partial charge is 0.486 e. The molecule has 1 aromatic carbocycles. The van der Waals surface area contributed by atoms with Gasteiger partial charge in [-0.05, 0) is 40.2 Å². The SMILES string of the molecule is O=C(S)c1ncc(Br)cc1OCc1cc(Br)ccc1Cl. The Morgan fingerprint density at radius 1 is 1.30 bits per heavy atom. The van der Waals surface area contributed by atoms with Gasteiger partial charge in [0.2, 0.25) is 5.12 Å². The Morgan fingerprint density at radius 3 is 2.75 bits per heavy atom. The zero-order valence-corrected chi connectivity index (χ0v) is 14.8. The zero-order valence-electron chi connectivity index (χ0n) is 9.94. The molecule has 0 bridgehead atoms. The number of hydrogen-bond donors (Lipinski definition) is 1. The number of carbonyl (C=O) groups is 1. The van der Waals surface area contributed by atoms with Crippen molar-refractivity contribution in [2.45, 2.75) is 6.61 Å². The minimum Gasteiger partial charge on any atom is -0.486 e. The van der Waals surface area contributed by atoms with E-state index in [0.717, 1.165) is 10.0 Å². The van der Waals surface area contributed by atoms with Gasteiger partial charge in [0.05, 0.1) is 0 Å². The Bertz CT molecular complexity index is 667. The number of ether oxygens (including phenoxy) is 1. The molecule has 0 aliphatic heterocycles. The summed E-state index contributed by atoms with van der Waals surface area (Å²) in [6.45, 7) is 0.227. The smallest absolute Gasteiger partial charge is 0.238 e. The quantitative estimate of drug-likeness (QED) is 0.691. The van der Waals surface area contributed by atoms with E-state index >= 15 is 0 Å². The van der Waals surface area contributed by atoms with E-state index in [1.54, 1.807) is 12.1 Å². The maximum atomic E-state index is 11.4. The van der Waals surface area contributed by atoms with Gasteiger partial charge in [0, 0.05) is 25.7 Å². The van der Waals surface area contributed by atoms with Crippen molar-refractivity contribution in [3.8, 4) is 5.75 Å². The van der Waals surface area contributed by atoms with Crippen molar-refractivity contribution in [2.75, 3.05) is 0 Å². The van der Waals surface area contributed by atoms with Crippen LogP contribution >= 0.6 is 56.1 Å². The molecule has 2 aromatic rings. The number of thiol groups is 1. The predicted molar refractivity (Wildman–Crippen MR) is 88.7 cm³/mol. The highest BCUT2D eigenvalue weighted by molar-refractivity contribution is 9.10. The minimum absolute atomic E-state index is 0.169. The Kier molecular flexibility index (Phi) is 5.49. The van der Waals surface area contributed by atoms with E-state index in [2.05, 4.69) is 49.5 Å². The van der Waals surface area contributed by atoms with Crippen LogP contribution in [0.1, 0.15) is 16.1 Å². The average Bonchev–Trinajstić information content (AvgIpc) is 2.39. The molecular formula is C13H8Br2ClNO2S. The maximum Gasteiger partial charge on any atom is 0.238 e. The van der Waals surface area contributed by atoms with Crippen LogP contribution in [0.25, 0.3) is 0 Å². The van der Waals surface area contributed by atoms with Crippen molar-refractivity contribution in [3.63, 3.8) is 0 Å². The lowest BCUT2D eigenvalue weighted by molar-refractivity contribution is 0.108. The molecule has 1 heterocycles. The Morgan fingerprint density at radius 2 is 2.05 bits per heavy atom. The normalized spacial score (nSPS) is 10.4. The predicted octanol–water partition coefficient (Wildman–Crippen LogP) is 4.91. The Hall–Kier alpha value is -0.560. The zero-order chi connectivity index (χ0) is 14.7. The highest BCUT2D eigenvalue weighted by Crippen LogP contribution is 2.26. The molecule has 0 aliphatic rings. The molecule has 0 amide bonds. The molecule has 0 saturated carbocycles. The molecule has 0 aliphatic carbocycles. The summed E-state index contributed by atoms with van der Waals surface area (Å²) in [5.74, 6) is 0.357. The number of nitrogens with zero attached hydrogens (tertiary/aromatic N) is 1. The van der Waals surface area contributed by atoms with Gasteiger partial charge in [-0.25, -0.2) is 4.98 Å². The first kappa shape index (κ1) is 15.8. The number of pyridine rings is 1. The van der Waals surface area contributed by atoms with E-state index in [4.69, 9.17) is 16.3 Å². The number of hydrogen-bond acceptors (Lipinski definition) is 3. The van der Waals surface area contributed by atoms with Gasteiger partial charge in [0.1, 0.15) is 6.61 Å². The summed E-state index contributed by atoms with van der Waals surface area (Å²) in [6.07, 6.45) is 1.52. The van der Waals surface area contributed by atoms with Gasteiger partial charge in [0.25, 0.3) is 0 Å². The monoisotopic (exact) mass is 435 g/mol. The van der Waals surface area contributed by atoms with E-state index in [1.165, 1.54) is 6.20 Å². The summed E-state index contributed by atoms with van der Waals surface area (Å²) < 4.78 is 7.25. The maximum absolute atomic E-state index is 11.4. The molecule has 0 saturated heterocycles. The van der Waals surface area contributed by atoms with Crippen LogP contribution < -0.4 is 4.74 Å². The van der Waals surface area contributed by atoms with Gasteiger partial charge in [-0.3, -0.25) is 4.79 Å². The van der Waals surface area contributed by atoms with Crippen LogP contribution in [0.4, 0.5) is 0 Å². The first-order chi connectivity index (χ1) is 9.47. The molecule has 104 valence electrons. The molecule has 0 radical (unpaired) electrons. The van der Waals surface area contributed by atoms with Gasteiger partial charge >= 0.3 is 0 Å². The molecule has 0 unspecified atom stereocenters. The van der Waals surface area contributed by atoms with E-state index in [-0.39, 0.29) is 12.3 Å². The van der Waals surface area contributed by atoms with Crippen molar-refractivity contribution in [2.24, 2.45) is 0 Å². The highest BCUT2D eigenvalue weighted by atomic mass is 79.9. The van der Waals surface area contributed by atoms with E-state index in [0.29, 0.717) is 15.2 Å². The van der Waals surface area contributed by atoms with Gasteiger partial charge in [0.15, 0.2) is 11.4 Å². The lowest BCUT2D eigenvalue weighted by atomic mass is 10.2. The van der Waals surface area contributed by atoms with Gasteiger partial charge in [-0.1, -0.05) is 40.2 Å². The van der Waals surface area contributed by atoms with Crippen molar-refractivity contribution >= 4 is 61.2 Å². The molecule has 0 fully saturated rings. The van der Waals surface area contributed by atoms with E-state index < -0.39 is 5.12 Å². The van der Waals surface area contributed by atoms with Crippen LogP contribution in [0, 0.1) is 0 Å². The minimum atomic E-state index is -0.451. The standard InChI is InChI=1S/C13H8Br2ClNO2S/c14-8-1-2-10(16)7(3-8)6-19-11-4-9(15)5-17-12(11)13(18)20/h1-5H,6H2,(H,18,20). The van der Waals surface area contributed by atoms with Crippen LogP contribution in [0.2, 0.25) is 5.02 Å². The summed E-state index contributed by atoms with van der Waals surface area (Å²) in [5.41, 5.74) is 0.973. The summed E-state index contributed by atoms with van der Waals surface area (Å²) in [7, 11) is 0. The summed E-state index contributed by atoms with van der Waals surface area (Å²) in [4.78, 5) is 15.4. The lowest BCUT2D eigenvalue weighted by Gasteiger charge is -2.10. The first-order valence-corrected chi connectivity index (χ1v) is 7.84. The molecule has 7 heteroatoms. The van der Waals surface area contributed by atoms with Crippen molar-refractivity contribution in [1.29, 1.82) is 0 Å². The Balaban J connectivity index is 2.24. The second-order valence-electron chi connectivity index (χ2n) is 3.83. The molecule has 2 rings (SSSR count). The van der Waals surface area contributed by atoms with Crippen molar-refractivity contribution < 1.29 is 9.53 Å². The number of benzene rings is 1. The topological polar surface area (TPSA) is 39.2 Å². The Labute approximate surface area is 143 Å². The molecule has 0 atom stereocenters. The van der Waals surface area contributed by atoms with Gasteiger partial charge in [-0.2, -0.15) is 0 Å². The molecular weight excluding hydrogens is 429 g/mol. The molecule has 0 N–H and O–H groups in total. The summed E-state index contributed by atoms with van der Waals surface area (Å²) in [5, 5.41) is 0.141. The van der Waals surface area contributed by atoms with E-state index in [1.807, 2.05) is 12.1 Å². The third-order valence-corrected chi connectivity index (χ3v) is 3.92. The van der Waals surface area contributed by atoms with Crippen LogP contribution in [-0.2, 0) is 6.61 Å². The van der Waals surface area contributed by atoms with Crippen LogP contribution in [-0.4, -0.2) is 10.1 Å². The van der Waals surface area contributed by atoms with Crippen LogP contribution in [0.15, 0.2) is 39.4 Å². The lowest BCUT2D eigenvalue weighted by Crippen LogP contribution is -2.03. The molecule has 0 spiro atoms. The fourth-order valence-electron chi connectivity index (χ4n) is 1.50. The number of rotatable bonds is 4. The van der Waals surface area contributed by atoms with Crippen molar-refractivity contribution in [3.05, 3.63) is 55.7 Å². The van der Waals surface area contributed by atoms with E-state index in [9.17, 15) is 4.79 Å². The number of carbonyl (C=O) groups excluding carboxylic acids is 1. The summed E-state index contributed by atoms with van der Waals surface area (Å²) >= 11 is 16.5. The summed E-state index contributed by atoms with van der Waals surface area (Å²) in [6, 6.07) is 7.14. The number of aromatic nitrogens is 1. The first-order valence-electron chi connectivity index (χ1n) is 5.43. The van der Waals surface area contributed by atoms with Crippen LogP contribution in [0.3, 0.4) is 0 Å².